The largest absolute Gasteiger partial charge is 0.495 e. The van der Waals surface area contributed by atoms with Gasteiger partial charge in [0.2, 0.25) is 0 Å². The summed E-state index contributed by atoms with van der Waals surface area (Å²) < 4.78 is 18.0. The Labute approximate surface area is 130 Å². The quantitative estimate of drug-likeness (QED) is 0.638. The molecule has 0 amide bonds. The van der Waals surface area contributed by atoms with Crippen LogP contribution in [0, 0.1) is 0 Å². The molecule has 4 rings (SSSR count). The number of hydrogen-bond acceptors (Lipinski definition) is 3. The highest BCUT2D eigenvalue weighted by Crippen LogP contribution is 2.37. The zero-order chi connectivity index (χ0) is 15.5. The summed E-state index contributed by atoms with van der Waals surface area (Å²) in [6.45, 7) is 8.30. The molecule has 1 saturated heterocycles. The van der Waals surface area contributed by atoms with Crippen molar-refractivity contribution in [2.45, 2.75) is 38.9 Å². The minimum absolute atomic E-state index is 0.343. The van der Waals surface area contributed by atoms with Crippen LogP contribution in [0.5, 0.6) is 0 Å². The summed E-state index contributed by atoms with van der Waals surface area (Å²) in [6.07, 6.45) is 1.73. The molecule has 3 nitrogen and oxygen atoms in total. The lowest BCUT2D eigenvalue weighted by Crippen LogP contribution is -2.41. The Kier molecular flexibility index (Phi) is 2.75. The highest BCUT2D eigenvalue weighted by molar-refractivity contribution is 6.66. The number of furan rings is 1. The summed E-state index contributed by atoms with van der Waals surface area (Å²) >= 11 is 0. The summed E-state index contributed by atoms with van der Waals surface area (Å²) in [4.78, 5) is 0. The first-order valence-corrected chi connectivity index (χ1v) is 7.63. The third-order valence-corrected chi connectivity index (χ3v) is 5.01. The van der Waals surface area contributed by atoms with E-state index in [1.54, 1.807) is 6.26 Å². The van der Waals surface area contributed by atoms with Gasteiger partial charge in [0, 0.05) is 5.39 Å². The second kappa shape index (κ2) is 4.37. The van der Waals surface area contributed by atoms with Gasteiger partial charge in [0.1, 0.15) is 5.58 Å². The van der Waals surface area contributed by atoms with Gasteiger partial charge in [-0.1, -0.05) is 24.3 Å². The Balaban J connectivity index is 1.95. The summed E-state index contributed by atoms with van der Waals surface area (Å²) in [6, 6.07) is 12.3. The maximum atomic E-state index is 6.23. The first-order valence-electron chi connectivity index (χ1n) is 7.63. The van der Waals surface area contributed by atoms with Crippen molar-refractivity contribution < 1.29 is 13.7 Å². The Morgan fingerprint density at radius 2 is 1.59 bits per heavy atom. The molecule has 0 aliphatic carbocycles. The zero-order valence-corrected chi connectivity index (χ0v) is 13.3. The van der Waals surface area contributed by atoms with E-state index in [0.29, 0.717) is 0 Å². The van der Waals surface area contributed by atoms with Crippen molar-refractivity contribution in [3.8, 4) is 0 Å². The van der Waals surface area contributed by atoms with Crippen molar-refractivity contribution in [1.82, 2.24) is 0 Å². The van der Waals surface area contributed by atoms with E-state index in [-0.39, 0.29) is 18.3 Å². The average Bonchev–Trinajstić information content (AvgIpc) is 3.01. The van der Waals surface area contributed by atoms with Gasteiger partial charge in [-0.15, -0.1) is 0 Å². The molecule has 1 aliphatic rings. The predicted octanol–water partition coefficient (Wildman–Crippen LogP) is 3.89. The Hall–Kier alpha value is -1.78. The van der Waals surface area contributed by atoms with Crippen molar-refractivity contribution in [2.24, 2.45) is 0 Å². The van der Waals surface area contributed by atoms with Crippen LogP contribution in [0.15, 0.2) is 47.1 Å². The topological polar surface area (TPSA) is 31.6 Å². The number of fused-ring (bicyclic) bond motifs is 3. The van der Waals surface area contributed by atoms with Crippen molar-refractivity contribution >= 4 is 34.3 Å². The monoisotopic (exact) mass is 294 g/mol. The number of benzene rings is 2. The fourth-order valence-corrected chi connectivity index (χ4v) is 3.03. The molecule has 0 radical (unpaired) electrons. The third kappa shape index (κ3) is 1.84. The molecule has 0 atom stereocenters. The van der Waals surface area contributed by atoms with E-state index in [1.165, 1.54) is 5.39 Å². The molecule has 0 saturated carbocycles. The van der Waals surface area contributed by atoms with Crippen molar-refractivity contribution in [2.75, 3.05) is 0 Å². The Morgan fingerprint density at radius 3 is 2.32 bits per heavy atom. The fourth-order valence-electron chi connectivity index (χ4n) is 3.03. The highest BCUT2D eigenvalue weighted by atomic mass is 16.7. The first kappa shape index (κ1) is 13.9. The van der Waals surface area contributed by atoms with E-state index in [4.69, 9.17) is 13.7 Å². The lowest BCUT2D eigenvalue weighted by atomic mass is 9.75. The smallest absolute Gasteiger partial charge is 0.464 e. The lowest BCUT2D eigenvalue weighted by Gasteiger charge is -2.32. The molecular weight excluding hydrogens is 275 g/mol. The summed E-state index contributed by atoms with van der Waals surface area (Å²) in [7, 11) is -0.366. The normalized spacial score (nSPS) is 20.1. The second-order valence-electron chi connectivity index (χ2n) is 6.93. The molecule has 2 heterocycles. The average molecular weight is 294 g/mol. The molecule has 0 spiro atoms. The van der Waals surface area contributed by atoms with Crippen LogP contribution in [0.4, 0.5) is 0 Å². The maximum absolute atomic E-state index is 6.23. The summed E-state index contributed by atoms with van der Waals surface area (Å²) in [5.74, 6) is 0. The van der Waals surface area contributed by atoms with Crippen LogP contribution in [0.3, 0.4) is 0 Å². The molecule has 0 unspecified atom stereocenters. The molecular formula is C18H19BO3. The standard InChI is InChI=1S/C18H19BO3/c1-17(2)18(3,4)22-19(21-17)14-7-5-6-12-8-9-15-13(16(12)14)10-11-20-15/h5-11H,1-4H3. The SMILES string of the molecule is CC1(C)OB(c2cccc3ccc4occc4c23)OC1(C)C. The van der Waals surface area contributed by atoms with Crippen molar-refractivity contribution in [3.05, 3.63) is 42.7 Å². The third-order valence-electron chi connectivity index (χ3n) is 5.01. The fraction of sp³-hybridized carbons (Fsp3) is 0.333. The molecule has 22 heavy (non-hydrogen) atoms. The van der Waals surface area contributed by atoms with Crippen LogP contribution in [-0.2, 0) is 9.31 Å². The first-order chi connectivity index (χ1) is 10.4. The highest BCUT2D eigenvalue weighted by Gasteiger charge is 2.52. The number of rotatable bonds is 1. The predicted molar refractivity (Wildman–Crippen MR) is 89.4 cm³/mol. The second-order valence-corrected chi connectivity index (χ2v) is 6.93. The van der Waals surface area contributed by atoms with Crippen LogP contribution in [0.1, 0.15) is 27.7 Å². The zero-order valence-electron chi connectivity index (χ0n) is 13.3. The van der Waals surface area contributed by atoms with Gasteiger partial charge in [0.05, 0.1) is 17.5 Å². The molecule has 112 valence electrons. The van der Waals surface area contributed by atoms with Gasteiger partial charge in [-0.05, 0) is 56.1 Å². The van der Waals surface area contributed by atoms with Crippen LogP contribution >= 0.6 is 0 Å². The van der Waals surface area contributed by atoms with E-state index in [0.717, 1.165) is 21.8 Å². The van der Waals surface area contributed by atoms with Gasteiger partial charge in [0.25, 0.3) is 0 Å². The van der Waals surface area contributed by atoms with Crippen molar-refractivity contribution in [1.29, 1.82) is 0 Å². The summed E-state index contributed by atoms with van der Waals surface area (Å²) in [5, 5.41) is 3.41. The van der Waals surface area contributed by atoms with Gasteiger partial charge in [-0.25, -0.2) is 0 Å². The van der Waals surface area contributed by atoms with Crippen LogP contribution < -0.4 is 5.46 Å². The van der Waals surface area contributed by atoms with E-state index in [9.17, 15) is 0 Å². The Morgan fingerprint density at radius 1 is 0.864 bits per heavy atom. The molecule has 4 heteroatoms. The van der Waals surface area contributed by atoms with E-state index in [2.05, 4.69) is 52.0 Å². The molecule has 0 bridgehead atoms. The number of hydrogen-bond donors (Lipinski definition) is 0. The molecule has 2 aromatic carbocycles. The molecule has 1 fully saturated rings. The molecule has 3 aromatic rings. The van der Waals surface area contributed by atoms with Gasteiger partial charge in [0.15, 0.2) is 0 Å². The van der Waals surface area contributed by atoms with Gasteiger partial charge >= 0.3 is 7.12 Å². The minimum Gasteiger partial charge on any atom is -0.464 e. The summed E-state index contributed by atoms with van der Waals surface area (Å²) in [5.41, 5.74) is 1.26. The van der Waals surface area contributed by atoms with E-state index < -0.39 is 0 Å². The van der Waals surface area contributed by atoms with Gasteiger partial charge in [-0.2, -0.15) is 0 Å². The van der Waals surface area contributed by atoms with Gasteiger partial charge < -0.3 is 13.7 Å². The minimum atomic E-state index is -0.366. The van der Waals surface area contributed by atoms with Crippen molar-refractivity contribution in [3.63, 3.8) is 0 Å². The lowest BCUT2D eigenvalue weighted by molar-refractivity contribution is 0.00578. The van der Waals surface area contributed by atoms with E-state index >= 15 is 0 Å². The molecule has 0 N–H and O–H groups in total. The molecule has 1 aliphatic heterocycles. The Bertz CT molecular complexity index is 847. The maximum Gasteiger partial charge on any atom is 0.495 e. The molecule has 1 aromatic heterocycles. The van der Waals surface area contributed by atoms with E-state index in [1.807, 2.05) is 12.1 Å². The van der Waals surface area contributed by atoms with Crippen LogP contribution in [-0.4, -0.2) is 18.3 Å². The van der Waals surface area contributed by atoms with Gasteiger partial charge in [-0.3, -0.25) is 0 Å². The van der Waals surface area contributed by atoms with Crippen LogP contribution in [0.25, 0.3) is 21.7 Å². The van der Waals surface area contributed by atoms with Crippen LogP contribution in [0.2, 0.25) is 0 Å².